The van der Waals surface area contributed by atoms with Gasteiger partial charge < -0.3 is 4.74 Å². The standard InChI is InChI=1S/C10H11ClN2O2/c1-3-5-7-6-8(11)12-13-9(7)10(14)15-4-2/h3,6H,1,4-5H2,2H3. The van der Waals surface area contributed by atoms with Crippen molar-refractivity contribution in [3.05, 3.63) is 35.1 Å². The fourth-order valence-corrected chi connectivity index (χ4v) is 1.25. The first-order valence-corrected chi connectivity index (χ1v) is 4.87. The van der Waals surface area contributed by atoms with E-state index in [2.05, 4.69) is 16.8 Å². The van der Waals surface area contributed by atoms with E-state index in [1.807, 2.05) is 0 Å². The quantitative estimate of drug-likeness (QED) is 0.582. The highest BCUT2D eigenvalue weighted by Gasteiger charge is 2.14. The van der Waals surface area contributed by atoms with Crippen molar-refractivity contribution < 1.29 is 9.53 Å². The third kappa shape index (κ3) is 3.02. The summed E-state index contributed by atoms with van der Waals surface area (Å²) in [4.78, 5) is 11.4. The number of hydrogen-bond acceptors (Lipinski definition) is 4. The van der Waals surface area contributed by atoms with E-state index < -0.39 is 5.97 Å². The van der Waals surface area contributed by atoms with Gasteiger partial charge in [-0.05, 0) is 25.0 Å². The maximum Gasteiger partial charge on any atom is 0.359 e. The zero-order valence-electron chi connectivity index (χ0n) is 8.36. The molecule has 0 fully saturated rings. The molecule has 5 heteroatoms. The molecule has 1 heterocycles. The van der Waals surface area contributed by atoms with Crippen LogP contribution in [0.15, 0.2) is 18.7 Å². The largest absolute Gasteiger partial charge is 0.461 e. The number of hydrogen-bond donors (Lipinski definition) is 0. The van der Waals surface area contributed by atoms with Gasteiger partial charge in [0.05, 0.1) is 6.61 Å². The summed E-state index contributed by atoms with van der Waals surface area (Å²) >= 11 is 5.67. The van der Waals surface area contributed by atoms with E-state index in [9.17, 15) is 4.79 Å². The summed E-state index contributed by atoms with van der Waals surface area (Å²) in [6, 6.07) is 1.59. The number of ether oxygens (including phenoxy) is 1. The van der Waals surface area contributed by atoms with Gasteiger partial charge in [-0.15, -0.1) is 16.8 Å². The first-order chi connectivity index (χ1) is 7.19. The summed E-state index contributed by atoms with van der Waals surface area (Å²) in [6.45, 7) is 5.62. The van der Waals surface area contributed by atoms with Crippen LogP contribution in [0.3, 0.4) is 0 Å². The second kappa shape index (κ2) is 5.46. The Labute approximate surface area is 92.9 Å². The van der Waals surface area contributed by atoms with Crippen LogP contribution in [0.5, 0.6) is 0 Å². The summed E-state index contributed by atoms with van der Waals surface area (Å²) in [5, 5.41) is 7.57. The molecule has 0 saturated carbocycles. The molecule has 0 amide bonds. The smallest absolute Gasteiger partial charge is 0.359 e. The van der Waals surface area contributed by atoms with Crippen molar-refractivity contribution in [3.8, 4) is 0 Å². The average Bonchev–Trinajstić information content (AvgIpc) is 2.18. The van der Waals surface area contributed by atoms with E-state index in [0.29, 0.717) is 18.6 Å². The SMILES string of the molecule is C=CCc1cc(Cl)nnc1C(=O)OCC. The Morgan fingerprint density at radius 3 is 3.00 bits per heavy atom. The molecule has 0 aliphatic heterocycles. The van der Waals surface area contributed by atoms with Gasteiger partial charge in [-0.1, -0.05) is 17.7 Å². The molecule has 80 valence electrons. The molecule has 4 nitrogen and oxygen atoms in total. The first-order valence-electron chi connectivity index (χ1n) is 4.49. The van der Waals surface area contributed by atoms with Crippen molar-refractivity contribution in [1.82, 2.24) is 10.2 Å². The molecule has 0 aliphatic carbocycles. The van der Waals surface area contributed by atoms with E-state index >= 15 is 0 Å². The topological polar surface area (TPSA) is 52.1 Å². The number of allylic oxidation sites excluding steroid dienone is 1. The summed E-state index contributed by atoms with van der Waals surface area (Å²) in [6.07, 6.45) is 2.17. The molecule has 0 N–H and O–H groups in total. The number of nitrogens with zero attached hydrogens (tertiary/aromatic N) is 2. The molecule has 1 aromatic rings. The number of esters is 1. The lowest BCUT2D eigenvalue weighted by Gasteiger charge is -2.05. The molecule has 0 radical (unpaired) electrons. The number of rotatable bonds is 4. The van der Waals surface area contributed by atoms with Crippen LogP contribution in [0, 0.1) is 0 Å². The third-order valence-corrected chi connectivity index (χ3v) is 1.86. The Morgan fingerprint density at radius 2 is 2.40 bits per heavy atom. The highest BCUT2D eigenvalue weighted by atomic mass is 35.5. The molecule has 1 aromatic heterocycles. The second-order valence-corrected chi connectivity index (χ2v) is 3.14. The molecule has 0 atom stereocenters. The maximum absolute atomic E-state index is 11.4. The van der Waals surface area contributed by atoms with E-state index in [0.717, 1.165) is 0 Å². The number of halogens is 1. The minimum absolute atomic E-state index is 0.196. The van der Waals surface area contributed by atoms with Crippen LogP contribution in [0.1, 0.15) is 23.0 Å². The van der Waals surface area contributed by atoms with Crippen LogP contribution < -0.4 is 0 Å². The van der Waals surface area contributed by atoms with E-state index in [4.69, 9.17) is 16.3 Å². The van der Waals surface area contributed by atoms with Crippen LogP contribution in [-0.2, 0) is 11.2 Å². The van der Waals surface area contributed by atoms with Crippen molar-refractivity contribution in [2.24, 2.45) is 0 Å². The number of carbonyl (C=O) groups is 1. The average molecular weight is 227 g/mol. The molecule has 0 aromatic carbocycles. The highest BCUT2D eigenvalue weighted by molar-refractivity contribution is 6.29. The molecule has 0 aliphatic rings. The molecule has 0 unspecified atom stereocenters. The Kier molecular flexibility index (Phi) is 4.24. The van der Waals surface area contributed by atoms with Crippen molar-refractivity contribution in [1.29, 1.82) is 0 Å². The minimum Gasteiger partial charge on any atom is -0.461 e. The molecule has 0 saturated heterocycles. The van der Waals surface area contributed by atoms with Gasteiger partial charge in [0.1, 0.15) is 0 Å². The molecular formula is C10H11ClN2O2. The van der Waals surface area contributed by atoms with Crippen molar-refractivity contribution in [2.45, 2.75) is 13.3 Å². The van der Waals surface area contributed by atoms with Crippen LogP contribution in [0.25, 0.3) is 0 Å². The molecular weight excluding hydrogens is 216 g/mol. The van der Waals surface area contributed by atoms with Gasteiger partial charge in [0, 0.05) is 0 Å². The Hall–Kier alpha value is -1.42. The Balaban J connectivity index is 3.04. The first kappa shape index (κ1) is 11.7. The lowest BCUT2D eigenvalue weighted by Crippen LogP contribution is -2.11. The van der Waals surface area contributed by atoms with Gasteiger partial charge in [0.25, 0.3) is 0 Å². The van der Waals surface area contributed by atoms with E-state index in [-0.39, 0.29) is 10.8 Å². The Bertz CT molecular complexity index is 380. The fourth-order valence-electron chi connectivity index (χ4n) is 1.09. The van der Waals surface area contributed by atoms with Crippen LogP contribution in [-0.4, -0.2) is 22.8 Å². The maximum atomic E-state index is 11.4. The zero-order chi connectivity index (χ0) is 11.3. The number of aromatic nitrogens is 2. The normalized spacial score (nSPS) is 9.73. The van der Waals surface area contributed by atoms with Gasteiger partial charge in [-0.25, -0.2) is 4.79 Å². The molecule has 1 rings (SSSR count). The number of carbonyl (C=O) groups excluding carboxylic acids is 1. The summed E-state index contributed by atoms with van der Waals surface area (Å²) in [7, 11) is 0. The molecule has 15 heavy (non-hydrogen) atoms. The summed E-state index contributed by atoms with van der Waals surface area (Å²) in [5.41, 5.74) is 0.865. The van der Waals surface area contributed by atoms with Crippen LogP contribution in [0.2, 0.25) is 5.15 Å². The van der Waals surface area contributed by atoms with Crippen molar-refractivity contribution in [3.63, 3.8) is 0 Å². The zero-order valence-corrected chi connectivity index (χ0v) is 9.12. The van der Waals surface area contributed by atoms with Gasteiger partial charge in [-0.2, -0.15) is 0 Å². The predicted octanol–water partition coefficient (Wildman–Crippen LogP) is 2.04. The molecule has 0 spiro atoms. The van der Waals surface area contributed by atoms with E-state index in [1.54, 1.807) is 19.1 Å². The lowest BCUT2D eigenvalue weighted by molar-refractivity contribution is 0.0517. The monoisotopic (exact) mass is 226 g/mol. The van der Waals surface area contributed by atoms with Crippen molar-refractivity contribution in [2.75, 3.05) is 6.61 Å². The van der Waals surface area contributed by atoms with Crippen LogP contribution in [0.4, 0.5) is 0 Å². The third-order valence-electron chi connectivity index (χ3n) is 1.68. The molecule has 0 bridgehead atoms. The van der Waals surface area contributed by atoms with Gasteiger partial charge in [0.15, 0.2) is 10.8 Å². The summed E-state index contributed by atoms with van der Waals surface area (Å²) < 4.78 is 4.84. The highest BCUT2D eigenvalue weighted by Crippen LogP contribution is 2.12. The van der Waals surface area contributed by atoms with Gasteiger partial charge in [0.2, 0.25) is 0 Å². The fraction of sp³-hybridized carbons (Fsp3) is 0.300. The van der Waals surface area contributed by atoms with Gasteiger partial charge in [-0.3, -0.25) is 0 Å². The van der Waals surface area contributed by atoms with Crippen molar-refractivity contribution >= 4 is 17.6 Å². The minimum atomic E-state index is -0.487. The summed E-state index contributed by atoms with van der Waals surface area (Å²) in [5.74, 6) is -0.487. The van der Waals surface area contributed by atoms with Crippen LogP contribution >= 0.6 is 11.6 Å². The second-order valence-electron chi connectivity index (χ2n) is 2.75. The van der Waals surface area contributed by atoms with E-state index in [1.165, 1.54) is 0 Å². The predicted molar refractivity (Wildman–Crippen MR) is 56.9 cm³/mol. The Morgan fingerprint density at radius 1 is 1.67 bits per heavy atom. The lowest BCUT2D eigenvalue weighted by atomic mass is 10.1. The van der Waals surface area contributed by atoms with Gasteiger partial charge >= 0.3 is 5.97 Å².